The third-order valence-electron chi connectivity index (χ3n) is 2.88. The summed E-state index contributed by atoms with van der Waals surface area (Å²) in [5.74, 6) is 1.04. The molecule has 0 unspecified atom stereocenters. The highest BCUT2D eigenvalue weighted by atomic mass is 16.1. The summed E-state index contributed by atoms with van der Waals surface area (Å²) in [4.78, 5) is 18.7. The minimum atomic E-state index is 0.00187. The number of nitrogens with two attached hydrogens (primary N) is 1. The van der Waals surface area contributed by atoms with Crippen LogP contribution in [0.3, 0.4) is 0 Å². The van der Waals surface area contributed by atoms with Gasteiger partial charge in [-0.1, -0.05) is 20.8 Å². The van der Waals surface area contributed by atoms with Gasteiger partial charge in [0.05, 0.1) is 0 Å². The summed E-state index contributed by atoms with van der Waals surface area (Å²) in [6, 6.07) is 0. The Labute approximate surface area is 115 Å². The molecule has 5 nitrogen and oxygen atoms in total. The fraction of sp³-hybridized carbons (Fsp3) is 0.714. The largest absolute Gasteiger partial charge is 0.352 e. The van der Waals surface area contributed by atoms with Crippen LogP contribution in [0.15, 0.2) is 17.2 Å². The second-order valence-corrected chi connectivity index (χ2v) is 5.23. The molecule has 1 aromatic rings. The first-order valence-corrected chi connectivity index (χ1v) is 7.10. The normalized spacial score (nSPS) is 11.0. The number of rotatable bonds is 8. The van der Waals surface area contributed by atoms with Gasteiger partial charge in [-0.15, -0.1) is 0 Å². The second-order valence-electron chi connectivity index (χ2n) is 5.23. The van der Waals surface area contributed by atoms with Gasteiger partial charge in [-0.05, 0) is 25.3 Å². The summed E-state index contributed by atoms with van der Waals surface area (Å²) in [7, 11) is 0. The predicted molar refractivity (Wildman–Crippen MR) is 79.5 cm³/mol. The maximum atomic E-state index is 12.4. The van der Waals surface area contributed by atoms with Gasteiger partial charge in [0, 0.05) is 32.0 Å². The molecule has 0 radical (unpaired) electrons. The van der Waals surface area contributed by atoms with E-state index in [4.69, 9.17) is 5.73 Å². The Hall–Kier alpha value is -1.36. The summed E-state index contributed by atoms with van der Waals surface area (Å²) in [6.45, 7) is 9.33. The molecule has 5 heteroatoms. The van der Waals surface area contributed by atoms with Crippen molar-refractivity contribution in [1.29, 1.82) is 0 Å². The van der Waals surface area contributed by atoms with E-state index in [2.05, 4.69) is 30.7 Å². The van der Waals surface area contributed by atoms with Crippen molar-refractivity contribution < 1.29 is 0 Å². The van der Waals surface area contributed by atoms with Gasteiger partial charge < -0.3 is 15.2 Å². The third kappa shape index (κ3) is 4.67. The van der Waals surface area contributed by atoms with Crippen LogP contribution in [0.25, 0.3) is 0 Å². The molecule has 0 saturated heterocycles. The SMILES string of the molecule is CCCn1ccnc(N(CCCN)CC(C)C)c1=O. The van der Waals surface area contributed by atoms with E-state index in [9.17, 15) is 4.79 Å². The quantitative estimate of drug-likeness (QED) is 0.774. The van der Waals surface area contributed by atoms with Crippen LogP contribution in [-0.4, -0.2) is 29.2 Å². The Morgan fingerprint density at radius 2 is 2.21 bits per heavy atom. The van der Waals surface area contributed by atoms with Crippen molar-refractivity contribution in [2.24, 2.45) is 11.7 Å². The van der Waals surface area contributed by atoms with E-state index in [0.717, 1.165) is 32.5 Å². The van der Waals surface area contributed by atoms with E-state index in [1.54, 1.807) is 17.0 Å². The molecule has 0 amide bonds. The molecular formula is C14H26N4O. The Bertz CT molecular complexity index is 428. The average molecular weight is 266 g/mol. The van der Waals surface area contributed by atoms with Crippen LogP contribution in [0.5, 0.6) is 0 Å². The van der Waals surface area contributed by atoms with Crippen LogP contribution in [-0.2, 0) is 6.54 Å². The first-order chi connectivity index (χ1) is 9.10. The molecule has 0 atom stereocenters. The van der Waals surface area contributed by atoms with Crippen molar-refractivity contribution in [2.75, 3.05) is 24.5 Å². The van der Waals surface area contributed by atoms with Crippen molar-refractivity contribution in [1.82, 2.24) is 9.55 Å². The molecule has 0 aliphatic heterocycles. The zero-order valence-corrected chi connectivity index (χ0v) is 12.3. The highest BCUT2D eigenvalue weighted by Gasteiger charge is 2.14. The maximum Gasteiger partial charge on any atom is 0.293 e. The average Bonchev–Trinajstić information content (AvgIpc) is 2.37. The molecule has 0 fully saturated rings. The summed E-state index contributed by atoms with van der Waals surface area (Å²) in [5, 5.41) is 0. The number of hydrogen-bond donors (Lipinski definition) is 1. The topological polar surface area (TPSA) is 64.2 Å². The van der Waals surface area contributed by atoms with E-state index in [-0.39, 0.29) is 5.56 Å². The van der Waals surface area contributed by atoms with Crippen molar-refractivity contribution in [3.05, 3.63) is 22.7 Å². The number of aryl methyl sites for hydroxylation is 1. The standard InChI is InChI=1S/C14H26N4O/c1-4-8-17-10-7-16-13(14(17)19)18(9-5-6-15)11-12(2)3/h7,10,12H,4-6,8-9,11,15H2,1-3H3. The second kappa shape index (κ2) is 7.94. The molecule has 1 rings (SSSR count). The summed E-state index contributed by atoms with van der Waals surface area (Å²) < 4.78 is 1.73. The third-order valence-corrected chi connectivity index (χ3v) is 2.88. The fourth-order valence-corrected chi connectivity index (χ4v) is 2.08. The van der Waals surface area contributed by atoms with E-state index in [1.807, 2.05) is 0 Å². The summed E-state index contributed by atoms with van der Waals surface area (Å²) in [6.07, 6.45) is 5.28. The van der Waals surface area contributed by atoms with Crippen LogP contribution in [0, 0.1) is 5.92 Å². The Morgan fingerprint density at radius 3 is 2.79 bits per heavy atom. The van der Waals surface area contributed by atoms with Gasteiger partial charge in [0.15, 0.2) is 5.82 Å². The van der Waals surface area contributed by atoms with Gasteiger partial charge in [0.2, 0.25) is 0 Å². The van der Waals surface area contributed by atoms with Crippen molar-refractivity contribution in [3.63, 3.8) is 0 Å². The molecule has 108 valence electrons. The van der Waals surface area contributed by atoms with Gasteiger partial charge in [0.1, 0.15) is 0 Å². The minimum Gasteiger partial charge on any atom is -0.352 e. The monoisotopic (exact) mass is 266 g/mol. The molecule has 0 bridgehead atoms. The lowest BCUT2D eigenvalue weighted by molar-refractivity contribution is 0.584. The van der Waals surface area contributed by atoms with E-state index in [0.29, 0.717) is 18.3 Å². The van der Waals surface area contributed by atoms with Crippen LogP contribution in [0.1, 0.15) is 33.6 Å². The van der Waals surface area contributed by atoms with Gasteiger partial charge in [-0.3, -0.25) is 4.79 Å². The smallest absolute Gasteiger partial charge is 0.293 e. The molecule has 0 spiro atoms. The lowest BCUT2D eigenvalue weighted by atomic mass is 10.2. The van der Waals surface area contributed by atoms with Gasteiger partial charge in [-0.2, -0.15) is 0 Å². The predicted octanol–water partition coefficient (Wildman–Crippen LogP) is 1.46. The fourth-order valence-electron chi connectivity index (χ4n) is 2.08. The Kier molecular flexibility index (Phi) is 6.56. The molecule has 0 aromatic carbocycles. The number of nitrogens with zero attached hydrogens (tertiary/aromatic N) is 3. The molecule has 0 aliphatic rings. The number of anilines is 1. The summed E-state index contributed by atoms with van der Waals surface area (Å²) >= 11 is 0. The molecule has 0 saturated carbocycles. The summed E-state index contributed by atoms with van der Waals surface area (Å²) in [5.41, 5.74) is 5.57. The Morgan fingerprint density at radius 1 is 1.47 bits per heavy atom. The lowest BCUT2D eigenvalue weighted by Crippen LogP contribution is -2.37. The highest BCUT2D eigenvalue weighted by molar-refractivity contribution is 5.35. The first-order valence-electron chi connectivity index (χ1n) is 7.10. The van der Waals surface area contributed by atoms with Gasteiger partial charge in [-0.25, -0.2) is 4.98 Å². The molecule has 1 heterocycles. The number of aromatic nitrogens is 2. The zero-order chi connectivity index (χ0) is 14.3. The number of hydrogen-bond acceptors (Lipinski definition) is 4. The lowest BCUT2D eigenvalue weighted by Gasteiger charge is -2.25. The minimum absolute atomic E-state index is 0.00187. The molecule has 2 N–H and O–H groups in total. The zero-order valence-electron chi connectivity index (χ0n) is 12.3. The van der Waals surface area contributed by atoms with Crippen molar-refractivity contribution in [3.8, 4) is 0 Å². The molecule has 0 aliphatic carbocycles. The van der Waals surface area contributed by atoms with Crippen molar-refractivity contribution >= 4 is 5.82 Å². The van der Waals surface area contributed by atoms with Crippen LogP contribution in [0.2, 0.25) is 0 Å². The highest BCUT2D eigenvalue weighted by Crippen LogP contribution is 2.08. The van der Waals surface area contributed by atoms with Crippen molar-refractivity contribution in [2.45, 2.75) is 40.2 Å². The maximum absolute atomic E-state index is 12.4. The first kappa shape index (κ1) is 15.7. The van der Waals surface area contributed by atoms with Crippen LogP contribution < -0.4 is 16.2 Å². The van der Waals surface area contributed by atoms with Gasteiger partial charge in [0.25, 0.3) is 5.56 Å². The molecule has 1 aromatic heterocycles. The van der Waals surface area contributed by atoms with E-state index < -0.39 is 0 Å². The van der Waals surface area contributed by atoms with E-state index in [1.165, 1.54) is 0 Å². The van der Waals surface area contributed by atoms with Gasteiger partial charge >= 0.3 is 0 Å². The molecule has 19 heavy (non-hydrogen) atoms. The Balaban J connectivity index is 3.00. The molecular weight excluding hydrogens is 240 g/mol. The van der Waals surface area contributed by atoms with E-state index >= 15 is 0 Å². The van der Waals surface area contributed by atoms with Crippen LogP contribution in [0.4, 0.5) is 5.82 Å². The van der Waals surface area contributed by atoms with Crippen LogP contribution >= 0.6 is 0 Å².